The van der Waals surface area contributed by atoms with Crippen molar-refractivity contribution in [1.29, 1.82) is 0 Å². The fraction of sp³-hybridized carbons (Fsp3) is 0.333. The average Bonchev–Trinajstić information content (AvgIpc) is 2.05. The molecule has 0 fully saturated rings. The molecule has 0 amide bonds. The highest BCUT2D eigenvalue weighted by Crippen LogP contribution is 2.18. The Balaban J connectivity index is 3.03. The van der Waals surface area contributed by atoms with Gasteiger partial charge in [-0.2, -0.15) is 0 Å². The van der Waals surface area contributed by atoms with Crippen LogP contribution in [-0.4, -0.2) is 11.7 Å². The number of hydrogen-bond acceptors (Lipinski definition) is 2. The van der Waals surface area contributed by atoms with E-state index in [0.29, 0.717) is 0 Å². The Labute approximate surface area is 85.9 Å². The molecule has 1 atom stereocenters. The molecule has 0 saturated carbocycles. The number of benzene rings is 1. The maximum absolute atomic E-state index is 9.01. The number of aliphatic hydroxyl groups excluding tert-OH is 1. The molecule has 0 heterocycles. The molecule has 2 nitrogen and oxygen atoms in total. The summed E-state index contributed by atoms with van der Waals surface area (Å²) in [5.41, 5.74) is 6.20. The van der Waals surface area contributed by atoms with Gasteiger partial charge in [-0.05, 0) is 47.2 Å². The van der Waals surface area contributed by atoms with Gasteiger partial charge in [-0.3, -0.25) is 0 Å². The summed E-state index contributed by atoms with van der Waals surface area (Å²) in [4.78, 5) is 0. The Morgan fingerprint density at radius 3 is 2.75 bits per heavy atom. The highest BCUT2D eigenvalue weighted by molar-refractivity contribution is 14.1. The molecule has 0 unspecified atom stereocenters. The van der Waals surface area contributed by atoms with Crippen molar-refractivity contribution < 1.29 is 5.11 Å². The van der Waals surface area contributed by atoms with E-state index in [2.05, 4.69) is 22.6 Å². The third kappa shape index (κ3) is 2.18. The number of nitrogens with two attached hydrogens (primary N) is 1. The molecule has 1 aromatic carbocycles. The summed E-state index contributed by atoms with van der Waals surface area (Å²) >= 11 is 2.22. The van der Waals surface area contributed by atoms with Crippen LogP contribution in [0.2, 0.25) is 0 Å². The standard InChI is InChI=1S/C9H12INO/c1-9(11,6-12)7-3-2-4-8(10)5-7/h2-5,12H,6,11H2,1H3/t9-/m1/s1. The van der Waals surface area contributed by atoms with Crippen LogP contribution in [0.5, 0.6) is 0 Å². The monoisotopic (exact) mass is 277 g/mol. The zero-order valence-corrected chi connectivity index (χ0v) is 9.08. The highest BCUT2D eigenvalue weighted by atomic mass is 127. The molecular formula is C9H12INO. The average molecular weight is 277 g/mol. The van der Waals surface area contributed by atoms with Gasteiger partial charge in [0.05, 0.1) is 12.1 Å². The van der Waals surface area contributed by atoms with Crippen LogP contribution in [0.1, 0.15) is 12.5 Å². The molecule has 0 aliphatic rings. The summed E-state index contributed by atoms with van der Waals surface area (Å²) in [5.74, 6) is 0. The number of rotatable bonds is 2. The van der Waals surface area contributed by atoms with Crippen molar-refractivity contribution in [3.63, 3.8) is 0 Å². The van der Waals surface area contributed by atoms with E-state index >= 15 is 0 Å². The van der Waals surface area contributed by atoms with Crippen molar-refractivity contribution in [2.45, 2.75) is 12.5 Å². The molecule has 0 bridgehead atoms. The van der Waals surface area contributed by atoms with Crippen molar-refractivity contribution in [1.82, 2.24) is 0 Å². The SMILES string of the molecule is C[C@@](N)(CO)c1cccc(I)c1. The Hall–Kier alpha value is -0.130. The van der Waals surface area contributed by atoms with Crippen LogP contribution in [-0.2, 0) is 5.54 Å². The first-order valence-corrected chi connectivity index (χ1v) is 4.80. The minimum Gasteiger partial charge on any atom is -0.394 e. The molecule has 0 saturated heterocycles. The molecule has 3 N–H and O–H groups in total. The maximum Gasteiger partial charge on any atom is 0.0650 e. The van der Waals surface area contributed by atoms with Crippen LogP contribution in [0.4, 0.5) is 0 Å². The van der Waals surface area contributed by atoms with Crippen LogP contribution in [0, 0.1) is 3.57 Å². The summed E-state index contributed by atoms with van der Waals surface area (Å²) in [6.45, 7) is 1.78. The summed E-state index contributed by atoms with van der Waals surface area (Å²) in [6, 6.07) is 7.85. The van der Waals surface area contributed by atoms with E-state index in [4.69, 9.17) is 10.8 Å². The van der Waals surface area contributed by atoms with E-state index < -0.39 is 5.54 Å². The zero-order chi connectivity index (χ0) is 9.19. The summed E-state index contributed by atoms with van der Waals surface area (Å²) < 4.78 is 1.13. The van der Waals surface area contributed by atoms with Crippen LogP contribution < -0.4 is 5.73 Å². The molecule has 0 aromatic heterocycles. The fourth-order valence-corrected chi connectivity index (χ4v) is 1.48. The van der Waals surface area contributed by atoms with Gasteiger partial charge < -0.3 is 10.8 Å². The zero-order valence-electron chi connectivity index (χ0n) is 6.92. The minimum atomic E-state index is -0.624. The lowest BCUT2D eigenvalue weighted by Crippen LogP contribution is -2.36. The van der Waals surface area contributed by atoms with Gasteiger partial charge >= 0.3 is 0 Å². The van der Waals surface area contributed by atoms with Gasteiger partial charge in [0.2, 0.25) is 0 Å². The molecule has 0 aliphatic heterocycles. The molecule has 0 aliphatic carbocycles. The van der Waals surface area contributed by atoms with Gasteiger partial charge in [0, 0.05) is 3.57 Å². The Kier molecular flexibility index (Phi) is 3.09. The van der Waals surface area contributed by atoms with E-state index in [1.54, 1.807) is 0 Å². The predicted molar refractivity (Wildman–Crippen MR) is 57.8 cm³/mol. The fourth-order valence-electron chi connectivity index (χ4n) is 0.935. The number of aliphatic hydroxyl groups is 1. The quantitative estimate of drug-likeness (QED) is 0.804. The van der Waals surface area contributed by atoms with Gasteiger partial charge in [0.25, 0.3) is 0 Å². The molecule has 3 heteroatoms. The largest absolute Gasteiger partial charge is 0.394 e. The highest BCUT2D eigenvalue weighted by Gasteiger charge is 2.19. The first kappa shape index (κ1) is 9.95. The van der Waals surface area contributed by atoms with E-state index in [1.807, 2.05) is 31.2 Å². The summed E-state index contributed by atoms with van der Waals surface area (Å²) in [5, 5.41) is 9.01. The van der Waals surface area contributed by atoms with Gasteiger partial charge in [-0.15, -0.1) is 0 Å². The minimum absolute atomic E-state index is 0.0346. The lowest BCUT2D eigenvalue weighted by molar-refractivity contribution is 0.210. The second-order valence-electron chi connectivity index (χ2n) is 3.09. The summed E-state index contributed by atoms with van der Waals surface area (Å²) in [7, 11) is 0. The van der Waals surface area contributed by atoms with Crippen LogP contribution in [0.25, 0.3) is 0 Å². The van der Waals surface area contributed by atoms with Crippen LogP contribution in [0.15, 0.2) is 24.3 Å². The predicted octanol–water partition coefficient (Wildman–Crippen LogP) is 1.46. The van der Waals surface area contributed by atoms with Crippen LogP contribution in [0.3, 0.4) is 0 Å². The first-order valence-electron chi connectivity index (χ1n) is 3.72. The molecule has 12 heavy (non-hydrogen) atoms. The molecule has 1 aromatic rings. The van der Waals surface area contributed by atoms with Crippen LogP contribution >= 0.6 is 22.6 Å². The Morgan fingerprint density at radius 1 is 1.58 bits per heavy atom. The Bertz CT molecular complexity index is 273. The maximum atomic E-state index is 9.01. The van der Waals surface area contributed by atoms with Crippen molar-refractivity contribution >= 4 is 22.6 Å². The third-order valence-corrected chi connectivity index (χ3v) is 2.48. The van der Waals surface area contributed by atoms with Gasteiger partial charge in [-0.25, -0.2) is 0 Å². The smallest absolute Gasteiger partial charge is 0.0650 e. The third-order valence-electron chi connectivity index (χ3n) is 1.81. The molecule has 1 rings (SSSR count). The lowest BCUT2D eigenvalue weighted by Gasteiger charge is -2.22. The van der Waals surface area contributed by atoms with Gasteiger partial charge in [0.15, 0.2) is 0 Å². The lowest BCUT2D eigenvalue weighted by atomic mass is 9.95. The van der Waals surface area contributed by atoms with Gasteiger partial charge in [-0.1, -0.05) is 12.1 Å². The number of hydrogen-bond donors (Lipinski definition) is 2. The first-order chi connectivity index (χ1) is 5.56. The topological polar surface area (TPSA) is 46.2 Å². The van der Waals surface area contributed by atoms with Gasteiger partial charge in [0.1, 0.15) is 0 Å². The second kappa shape index (κ2) is 3.72. The molecule has 0 radical (unpaired) electrons. The molecule has 66 valence electrons. The summed E-state index contributed by atoms with van der Waals surface area (Å²) in [6.07, 6.45) is 0. The van der Waals surface area contributed by atoms with E-state index in [-0.39, 0.29) is 6.61 Å². The Morgan fingerprint density at radius 2 is 2.25 bits per heavy atom. The normalized spacial score (nSPS) is 15.7. The van der Waals surface area contributed by atoms with E-state index in [9.17, 15) is 0 Å². The number of halogens is 1. The molecule has 0 spiro atoms. The van der Waals surface area contributed by atoms with E-state index in [1.165, 1.54) is 0 Å². The molecular weight excluding hydrogens is 265 g/mol. The second-order valence-corrected chi connectivity index (χ2v) is 4.33. The van der Waals surface area contributed by atoms with Crippen molar-refractivity contribution in [2.24, 2.45) is 5.73 Å². The van der Waals surface area contributed by atoms with Crippen molar-refractivity contribution in [3.05, 3.63) is 33.4 Å². The van der Waals surface area contributed by atoms with E-state index in [0.717, 1.165) is 9.13 Å². The van der Waals surface area contributed by atoms with Crippen molar-refractivity contribution in [3.8, 4) is 0 Å². The van der Waals surface area contributed by atoms with Crippen molar-refractivity contribution in [2.75, 3.05) is 6.61 Å².